The Morgan fingerprint density at radius 3 is 2.35 bits per heavy atom. The molecule has 1 aliphatic rings. The summed E-state index contributed by atoms with van der Waals surface area (Å²) in [5, 5.41) is 4.52. The number of rotatable bonds is 5. The Labute approximate surface area is 198 Å². The van der Waals surface area contributed by atoms with Gasteiger partial charge >= 0.3 is 0 Å². The lowest BCUT2D eigenvalue weighted by Gasteiger charge is -2.39. The fourth-order valence-corrected chi connectivity index (χ4v) is 4.57. The van der Waals surface area contributed by atoms with Gasteiger partial charge in [-0.15, -0.1) is 0 Å². The third-order valence-corrected chi connectivity index (χ3v) is 6.34. The summed E-state index contributed by atoms with van der Waals surface area (Å²) >= 11 is 0. The third-order valence-electron chi connectivity index (χ3n) is 6.34. The zero-order valence-electron chi connectivity index (χ0n) is 19.4. The smallest absolute Gasteiger partial charge is 0.261 e. The molecule has 0 fully saturated rings. The van der Waals surface area contributed by atoms with Crippen molar-refractivity contribution in [2.24, 2.45) is 0 Å². The van der Waals surface area contributed by atoms with Crippen LogP contribution in [0.4, 0.5) is 5.95 Å². The van der Waals surface area contributed by atoms with E-state index < -0.39 is 0 Å². The highest BCUT2D eigenvalue weighted by molar-refractivity contribution is 6.06. The summed E-state index contributed by atoms with van der Waals surface area (Å²) in [7, 11) is 3.31. The van der Waals surface area contributed by atoms with Crippen LogP contribution in [0.15, 0.2) is 79.1 Å². The summed E-state index contributed by atoms with van der Waals surface area (Å²) in [5.41, 5.74) is 3.70. The normalized spacial score (nSPS) is 17.2. The number of carbonyl (C=O) groups excluding carboxylic acids is 1. The summed E-state index contributed by atoms with van der Waals surface area (Å²) in [6.07, 6.45) is 2.12. The van der Waals surface area contributed by atoms with Crippen LogP contribution in [-0.4, -0.2) is 34.9 Å². The summed E-state index contributed by atoms with van der Waals surface area (Å²) in [5.74, 6) is 1.93. The molecule has 0 aliphatic carbocycles. The lowest BCUT2D eigenvalue weighted by atomic mass is 9.91. The first-order valence-electron chi connectivity index (χ1n) is 11.2. The van der Waals surface area contributed by atoms with Gasteiger partial charge in [-0.1, -0.05) is 48.0 Å². The van der Waals surface area contributed by atoms with E-state index in [4.69, 9.17) is 9.47 Å². The molecule has 1 amide bonds. The quantitative estimate of drug-likeness (QED) is 0.425. The fraction of sp³-hybridized carbons (Fsp3) is 0.222. The largest absolute Gasteiger partial charge is 0.497 e. The summed E-state index contributed by atoms with van der Waals surface area (Å²) < 4.78 is 12.8. The van der Waals surface area contributed by atoms with Crippen molar-refractivity contribution < 1.29 is 14.3 Å². The first-order valence-corrected chi connectivity index (χ1v) is 11.2. The highest BCUT2D eigenvalue weighted by atomic mass is 16.5. The minimum Gasteiger partial charge on any atom is -0.497 e. The Morgan fingerprint density at radius 1 is 0.912 bits per heavy atom. The van der Waals surface area contributed by atoms with E-state index in [0.717, 1.165) is 28.2 Å². The number of benzene rings is 3. The molecular formula is C27H26N4O3. The molecule has 0 saturated carbocycles. The summed E-state index contributed by atoms with van der Waals surface area (Å²) in [4.78, 5) is 20.1. The molecule has 2 atom stereocenters. The number of ether oxygens (including phenoxy) is 2. The van der Waals surface area contributed by atoms with Crippen LogP contribution in [0, 0.1) is 6.92 Å². The average Bonchev–Trinajstić information content (AvgIpc) is 3.38. The minimum absolute atomic E-state index is 0.117. The molecule has 3 aromatic carbocycles. The van der Waals surface area contributed by atoms with Gasteiger partial charge in [0.2, 0.25) is 5.95 Å². The molecule has 0 spiro atoms. The molecule has 5 rings (SSSR count). The standard InChI is InChI=1S/C27H26N4O3/c1-18-8-10-20(11-9-18)26(32)30-23(19-12-14-21(33-2)15-13-19)16-24(31-27(30)28-17-29-31)22-6-4-5-7-25(22)34-3/h4-15,17,23-24H,16H2,1-3H3. The highest BCUT2D eigenvalue weighted by Crippen LogP contribution is 2.44. The van der Waals surface area contributed by atoms with Gasteiger partial charge in [0.15, 0.2) is 0 Å². The van der Waals surface area contributed by atoms with Crippen LogP contribution in [0.25, 0.3) is 0 Å². The molecule has 2 unspecified atom stereocenters. The van der Waals surface area contributed by atoms with Gasteiger partial charge in [-0.2, -0.15) is 10.1 Å². The first-order chi connectivity index (χ1) is 16.6. The molecule has 0 bridgehead atoms. The lowest BCUT2D eigenvalue weighted by Crippen LogP contribution is -2.42. The zero-order valence-corrected chi connectivity index (χ0v) is 19.4. The molecule has 7 nitrogen and oxygen atoms in total. The van der Waals surface area contributed by atoms with Crippen molar-refractivity contribution in [3.05, 3.63) is 101 Å². The maximum absolute atomic E-state index is 13.8. The summed E-state index contributed by atoms with van der Waals surface area (Å²) in [6, 6.07) is 23.0. The molecule has 7 heteroatoms. The van der Waals surface area contributed by atoms with E-state index in [2.05, 4.69) is 10.1 Å². The second-order valence-electron chi connectivity index (χ2n) is 8.33. The minimum atomic E-state index is -0.258. The van der Waals surface area contributed by atoms with Crippen LogP contribution in [-0.2, 0) is 0 Å². The number of fused-ring (bicyclic) bond motifs is 1. The molecule has 1 aromatic heterocycles. The number of anilines is 1. The van der Waals surface area contributed by atoms with Crippen molar-refractivity contribution in [2.45, 2.75) is 25.4 Å². The average molecular weight is 455 g/mol. The fourth-order valence-electron chi connectivity index (χ4n) is 4.57. The number of carbonyl (C=O) groups is 1. The van der Waals surface area contributed by atoms with Crippen LogP contribution in [0.5, 0.6) is 11.5 Å². The summed E-state index contributed by atoms with van der Waals surface area (Å²) in [6.45, 7) is 2.00. The van der Waals surface area contributed by atoms with Gasteiger partial charge in [0, 0.05) is 11.1 Å². The topological polar surface area (TPSA) is 69.5 Å². The Morgan fingerprint density at radius 2 is 1.65 bits per heavy atom. The van der Waals surface area contributed by atoms with Crippen molar-refractivity contribution in [1.29, 1.82) is 0 Å². The van der Waals surface area contributed by atoms with E-state index in [9.17, 15) is 4.79 Å². The molecule has 0 N–H and O–H groups in total. The first kappa shape index (κ1) is 21.7. The van der Waals surface area contributed by atoms with E-state index >= 15 is 0 Å². The van der Waals surface area contributed by atoms with E-state index in [1.54, 1.807) is 19.1 Å². The SMILES string of the molecule is COc1ccc(C2CC(c3ccccc3OC)n3ncnc3N2C(=O)c2ccc(C)cc2)cc1. The molecule has 0 radical (unpaired) electrons. The number of methoxy groups -OCH3 is 2. The van der Waals surface area contributed by atoms with Crippen LogP contribution in [0.2, 0.25) is 0 Å². The van der Waals surface area contributed by atoms with Crippen molar-refractivity contribution in [3.8, 4) is 11.5 Å². The predicted octanol–water partition coefficient (Wildman–Crippen LogP) is 4.98. The van der Waals surface area contributed by atoms with Crippen molar-refractivity contribution >= 4 is 11.9 Å². The second-order valence-corrected chi connectivity index (χ2v) is 8.33. The third kappa shape index (κ3) is 3.79. The van der Waals surface area contributed by atoms with Gasteiger partial charge in [0.25, 0.3) is 5.91 Å². The van der Waals surface area contributed by atoms with Crippen LogP contribution in [0.3, 0.4) is 0 Å². The number of aryl methyl sites for hydroxylation is 1. The molecule has 4 aromatic rings. The van der Waals surface area contributed by atoms with Crippen molar-refractivity contribution in [2.75, 3.05) is 19.1 Å². The maximum Gasteiger partial charge on any atom is 0.261 e. The molecule has 2 heterocycles. The number of para-hydroxylation sites is 1. The molecule has 34 heavy (non-hydrogen) atoms. The number of hydrogen-bond acceptors (Lipinski definition) is 5. The van der Waals surface area contributed by atoms with Crippen LogP contribution in [0.1, 0.15) is 45.6 Å². The van der Waals surface area contributed by atoms with Crippen molar-refractivity contribution in [3.63, 3.8) is 0 Å². The van der Waals surface area contributed by atoms with Gasteiger partial charge < -0.3 is 9.47 Å². The molecule has 172 valence electrons. The Bertz CT molecular complexity index is 1300. The molecule has 0 saturated heterocycles. The van der Waals surface area contributed by atoms with Gasteiger partial charge in [0.05, 0.1) is 26.3 Å². The van der Waals surface area contributed by atoms with E-state index in [1.807, 2.05) is 84.4 Å². The lowest BCUT2D eigenvalue weighted by molar-refractivity contribution is 0.0963. The number of nitrogens with zero attached hydrogens (tertiary/aromatic N) is 4. The monoisotopic (exact) mass is 454 g/mol. The number of amides is 1. The van der Waals surface area contributed by atoms with E-state index in [0.29, 0.717) is 17.9 Å². The van der Waals surface area contributed by atoms with Crippen LogP contribution < -0.4 is 14.4 Å². The van der Waals surface area contributed by atoms with Crippen molar-refractivity contribution in [1.82, 2.24) is 14.8 Å². The Kier molecular flexibility index (Phi) is 5.76. The van der Waals surface area contributed by atoms with E-state index in [1.165, 1.54) is 6.33 Å². The van der Waals surface area contributed by atoms with Crippen LogP contribution >= 0.6 is 0 Å². The Balaban J connectivity index is 1.65. The zero-order chi connectivity index (χ0) is 23.7. The molecular weight excluding hydrogens is 428 g/mol. The van der Waals surface area contributed by atoms with E-state index in [-0.39, 0.29) is 18.0 Å². The van der Waals surface area contributed by atoms with Gasteiger partial charge in [-0.3, -0.25) is 9.69 Å². The van der Waals surface area contributed by atoms with Gasteiger partial charge in [-0.25, -0.2) is 4.68 Å². The number of aromatic nitrogens is 3. The van der Waals surface area contributed by atoms with Gasteiger partial charge in [0.1, 0.15) is 17.8 Å². The number of hydrogen-bond donors (Lipinski definition) is 0. The molecule has 1 aliphatic heterocycles. The van der Waals surface area contributed by atoms with Gasteiger partial charge in [-0.05, 0) is 49.2 Å². The Hall–Kier alpha value is -4.13. The highest BCUT2D eigenvalue weighted by Gasteiger charge is 2.40. The maximum atomic E-state index is 13.8. The second kappa shape index (κ2) is 9.02. The predicted molar refractivity (Wildman–Crippen MR) is 129 cm³/mol.